The van der Waals surface area contributed by atoms with Gasteiger partial charge in [-0.25, -0.2) is 0 Å². The average Bonchev–Trinajstić information content (AvgIpc) is 2.42. The van der Waals surface area contributed by atoms with Crippen molar-refractivity contribution in [3.8, 4) is 11.5 Å². The Hall–Kier alpha value is -2.21. The van der Waals surface area contributed by atoms with E-state index in [9.17, 15) is 4.79 Å². The maximum Gasteiger partial charge on any atom is 0.504 e. The minimum absolute atomic E-state index is 0.192. The van der Waals surface area contributed by atoms with E-state index in [4.69, 9.17) is 14.4 Å². The highest BCUT2D eigenvalue weighted by Gasteiger charge is 2.07. The highest BCUT2D eigenvalue weighted by molar-refractivity contribution is 6.17. The Balaban J connectivity index is 2.17. The number of aromatic nitrogens is 1. The van der Waals surface area contributed by atoms with Crippen LogP contribution in [-0.4, -0.2) is 17.3 Å². The van der Waals surface area contributed by atoms with Crippen LogP contribution in [0.3, 0.4) is 0 Å². The van der Waals surface area contributed by atoms with Crippen LogP contribution >= 0.6 is 0 Å². The number of nitrogens with zero attached hydrogens (tertiary/aromatic N) is 1. The lowest BCUT2D eigenvalue weighted by atomic mass is 10.2. The Bertz CT molecular complexity index is 597. The van der Waals surface area contributed by atoms with Crippen molar-refractivity contribution in [1.82, 2.24) is 4.57 Å². The van der Waals surface area contributed by atoms with E-state index >= 15 is 0 Å². The van der Waals surface area contributed by atoms with Crippen molar-refractivity contribution in [3.63, 3.8) is 0 Å². The summed E-state index contributed by atoms with van der Waals surface area (Å²) in [5.74, 6) is 0.574. The number of pyridine rings is 1. The van der Waals surface area contributed by atoms with E-state index < -0.39 is 7.69 Å². The van der Waals surface area contributed by atoms with E-state index in [1.54, 1.807) is 7.05 Å². The summed E-state index contributed by atoms with van der Waals surface area (Å²) in [7, 11) is 1.15. The van der Waals surface area contributed by atoms with E-state index in [0.29, 0.717) is 12.4 Å². The molecule has 1 aromatic heterocycles. The van der Waals surface area contributed by atoms with Gasteiger partial charge < -0.3 is 19.0 Å². The van der Waals surface area contributed by atoms with Crippen molar-refractivity contribution >= 4 is 7.69 Å². The molecule has 0 atom stereocenters. The molecule has 1 aromatic carbocycles. The maximum absolute atomic E-state index is 11.9. The standard InChI is InChI=1S/C13H14BNO4/c1-15-8-11(19-14-17)7-12(13(15)16)18-9-10-5-3-2-4-6-10/h2-8,14,17H,9H2,1H3. The van der Waals surface area contributed by atoms with Crippen LogP contribution < -0.4 is 15.0 Å². The van der Waals surface area contributed by atoms with Crippen molar-refractivity contribution in [2.24, 2.45) is 7.05 Å². The Morgan fingerprint density at radius 1 is 1.32 bits per heavy atom. The van der Waals surface area contributed by atoms with Gasteiger partial charge in [-0.2, -0.15) is 0 Å². The van der Waals surface area contributed by atoms with Gasteiger partial charge in [-0.15, -0.1) is 0 Å². The van der Waals surface area contributed by atoms with Gasteiger partial charge in [0.2, 0.25) is 0 Å². The predicted molar refractivity (Wildman–Crippen MR) is 72.5 cm³/mol. The van der Waals surface area contributed by atoms with Crippen LogP contribution in [0, 0.1) is 0 Å². The zero-order valence-corrected chi connectivity index (χ0v) is 10.6. The molecule has 19 heavy (non-hydrogen) atoms. The molecule has 0 spiro atoms. The van der Waals surface area contributed by atoms with Crippen molar-refractivity contribution in [1.29, 1.82) is 0 Å². The van der Waals surface area contributed by atoms with Gasteiger partial charge in [0, 0.05) is 19.3 Å². The third-order valence-electron chi connectivity index (χ3n) is 2.59. The third-order valence-corrected chi connectivity index (χ3v) is 2.59. The second-order valence-electron chi connectivity index (χ2n) is 4.00. The molecule has 0 aliphatic heterocycles. The summed E-state index contributed by atoms with van der Waals surface area (Å²) in [6, 6.07) is 11.0. The predicted octanol–water partition coefficient (Wildman–Crippen LogP) is 0.602. The highest BCUT2D eigenvalue weighted by atomic mass is 16.5. The van der Waals surface area contributed by atoms with Gasteiger partial charge in [0.25, 0.3) is 5.56 Å². The van der Waals surface area contributed by atoms with Crippen LogP contribution in [0.2, 0.25) is 0 Å². The zero-order valence-electron chi connectivity index (χ0n) is 10.6. The fourth-order valence-electron chi connectivity index (χ4n) is 1.64. The molecule has 0 saturated carbocycles. The van der Waals surface area contributed by atoms with Crippen molar-refractivity contribution in [3.05, 3.63) is 58.5 Å². The van der Waals surface area contributed by atoms with E-state index in [1.807, 2.05) is 30.3 Å². The lowest BCUT2D eigenvalue weighted by Crippen LogP contribution is -2.19. The Morgan fingerprint density at radius 2 is 2.05 bits per heavy atom. The maximum atomic E-state index is 11.9. The van der Waals surface area contributed by atoms with Crippen LogP contribution in [-0.2, 0) is 13.7 Å². The van der Waals surface area contributed by atoms with Gasteiger partial charge >= 0.3 is 7.69 Å². The topological polar surface area (TPSA) is 60.7 Å². The van der Waals surface area contributed by atoms with Crippen LogP contribution in [0.1, 0.15) is 5.56 Å². The Morgan fingerprint density at radius 3 is 2.74 bits per heavy atom. The molecule has 6 heteroatoms. The molecule has 98 valence electrons. The van der Waals surface area contributed by atoms with Gasteiger partial charge in [-0.3, -0.25) is 4.79 Å². The first kappa shape index (κ1) is 13.2. The first-order valence-electron chi connectivity index (χ1n) is 5.82. The molecule has 0 unspecified atom stereocenters. The summed E-state index contributed by atoms with van der Waals surface area (Å²) in [5.41, 5.74) is 0.722. The number of ether oxygens (including phenoxy) is 1. The first-order valence-corrected chi connectivity index (χ1v) is 5.82. The van der Waals surface area contributed by atoms with Crippen LogP contribution in [0.25, 0.3) is 0 Å². The number of benzene rings is 1. The van der Waals surface area contributed by atoms with Crippen molar-refractivity contribution in [2.45, 2.75) is 6.61 Å². The molecule has 0 bridgehead atoms. The lowest BCUT2D eigenvalue weighted by Gasteiger charge is -2.10. The third kappa shape index (κ3) is 3.39. The fraction of sp³-hybridized carbons (Fsp3) is 0.154. The lowest BCUT2D eigenvalue weighted by molar-refractivity contribution is 0.298. The molecule has 1 heterocycles. The van der Waals surface area contributed by atoms with E-state index in [1.165, 1.54) is 16.8 Å². The summed E-state index contributed by atoms with van der Waals surface area (Å²) >= 11 is 0. The summed E-state index contributed by atoms with van der Waals surface area (Å²) in [6.07, 6.45) is 1.49. The monoisotopic (exact) mass is 259 g/mol. The number of aryl methyl sites for hydroxylation is 1. The van der Waals surface area contributed by atoms with Crippen molar-refractivity contribution in [2.75, 3.05) is 0 Å². The second kappa shape index (κ2) is 6.11. The number of rotatable bonds is 5. The molecule has 0 fully saturated rings. The zero-order chi connectivity index (χ0) is 13.7. The molecule has 2 aromatic rings. The van der Waals surface area contributed by atoms with Gasteiger partial charge in [-0.1, -0.05) is 30.3 Å². The SMILES string of the molecule is Cn1cc(OBO)cc(OCc2ccccc2)c1=O. The van der Waals surface area contributed by atoms with E-state index in [2.05, 4.69) is 0 Å². The summed E-state index contributed by atoms with van der Waals surface area (Å²) in [6.45, 7) is 0.304. The van der Waals surface area contributed by atoms with Crippen LogP contribution in [0.15, 0.2) is 47.4 Å². The summed E-state index contributed by atoms with van der Waals surface area (Å²) in [4.78, 5) is 11.9. The largest absolute Gasteiger partial charge is 0.538 e. The van der Waals surface area contributed by atoms with E-state index in [0.717, 1.165) is 5.56 Å². The molecule has 0 amide bonds. The van der Waals surface area contributed by atoms with Gasteiger partial charge in [-0.05, 0) is 5.56 Å². The molecule has 2 rings (SSSR count). The molecule has 0 aliphatic carbocycles. The molecule has 0 saturated heterocycles. The smallest absolute Gasteiger partial charge is 0.504 e. The quantitative estimate of drug-likeness (QED) is 0.799. The van der Waals surface area contributed by atoms with Crippen LogP contribution in [0.4, 0.5) is 0 Å². The fourth-order valence-corrected chi connectivity index (χ4v) is 1.64. The summed E-state index contributed by atoms with van der Waals surface area (Å²) in [5, 5.41) is 8.73. The average molecular weight is 259 g/mol. The van der Waals surface area contributed by atoms with Crippen molar-refractivity contribution < 1.29 is 14.4 Å². The molecule has 0 aliphatic rings. The normalized spacial score (nSPS) is 10.0. The molecular weight excluding hydrogens is 245 g/mol. The molecular formula is C13H14BNO4. The van der Waals surface area contributed by atoms with Gasteiger partial charge in [0.05, 0.1) is 0 Å². The van der Waals surface area contributed by atoms with Gasteiger partial charge in [0.15, 0.2) is 5.75 Å². The number of hydrogen-bond acceptors (Lipinski definition) is 4. The minimum atomic E-state index is -0.448. The first-order chi connectivity index (χ1) is 9.20. The summed E-state index contributed by atoms with van der Waals surface area (Å²) < 4.78 is 11.8. The number of hydrogen-bond donors (Lipinski definition) is 1. The van der Waals surface area contributed by atoms with Gasteiger partial charge in [0.1, 0.15) is 12.4 Å². The molecule has 1 N–H and O–H groups in total. The second-order valence-corrected chi connectivity index (χ2v) is 4.00. The minimum Gasteiger partial charge on any atom is -0.538 e. The van der Waals surface area contributed by atoms with E-state index in [-0.39, 0.29) is 11.3 Å². The van der Waals surface area contributed by atoms with Crippen LogP contribution in [0.5, 0.6) is 11.5 Å². The Labute approximate surface area is 111 Å². The highest BCUT2D eigenvalue weighted by Crippen LogP contribution is 2.15. The Kier molecular flexibility index (Phi) is 4.25. The molecule has 5 nitrogen and oxygen atoms in total. The molecule has 0 radical (unpaired) electrons.